The maximum atomic E-state index is 11.2. The third kappa shape index (κ3) is 1.49. The van der Waals surface area contributed by atoms with Crippen molar-refractivity contribution in [2.75, 3.05) is 6.54 Å². The van der Waals surface area contributed by atoms with E-state index < -0.39 is 16.0 Å². The van der Waals surface area contributed by atoms with Crippen molar-refractivity contribution in [2.45, 2.75) is 16.4 Å². The molecule has 0 radical (unpaired) electrons. The van der Waals surface area contributed by atoms with E-state index in [0.29, 0.717) is 12.2 Å². The minimum atomic E-state index is -1.59. The average molecular weight is 242 g/mol. The Bertz CT molecular complexity index is 284. The molecule has 13 heavy (non-hydrogen) atoms. The van der Waals surface area contributed by atoms with Crippen molar-refractivity contribution in [2.24, 2.45) is 0 Å². The number of hydrogen-bond acceptors (Lipinski definition) is 3. The van der Waals surface area contributed by atoms with Crippen LogP contribution in [0.1, 0.15) is 6.42 Å². The fourth-order valence-corrected chi connectivity index (χ4v) is 1.98. The Labute approximate surface area is 90.2 Å². The van der Waals surface area contributed by atoms with E-state index in [1.807, 2.05) is 0 Å². The standard InChI is InChI=1S/C7H6Cl3NO2/c8-7(9,10)6-11-3-1-2-4(11)5(12)13-6/h2,6H,1,3H2. The third-order valence-corrected chi connectivity index (χ3v) is 2.57. The van der Waals surface area contributed by atoms with Crippen LogP contribution in [-0.4, -0.2) is 27.4 Å². The molecule has 2 rings (SSSR count). The second-order valence-corrected chi connectivity index (χ2v) is 5.24. The number of esters is 1. The summed E-state index contributed by atoms with van der Waals surface area (Å²) in [6.45, 7) is 0.666. The van der Waals surface area contributed by atoms with Crippen molar-refractivity contribution in [3.8, 4) is 0 Å². The summed E-state index contributed by atoms with van der Waals surface area (Å²) in [5, 5.41) is 0. The summed E-state index contributed by atoms with van der Waals surface area (Å²) in [4.78, 5) is 12.9. The second-order valence-electron chi connectivity index (χ2n) is 2.87. The molecule has 1 fully saturated rings. The Morgan fingerprint density at radius 3 is 2.85 bits per heavy atom. The van der Waals surface area contributed by atoms with Gasteiger partial charge in [-0.25, -0.2) is 4.79 Å². The normalized spacial score (nSPS) is 27.3. The van der Waals surface area contributed by atoms with Crippen LogP contribution in [0, 0.1) is 0 Å². The van der Waals surface area contributed by atoms with Crippen molar-refractivity contribution < 1.29 is 9.53 Å². The van der Waals surface area contributed by atoms with Crippen molar-refractivity contribution in [3.63, 3.8) is 0 Å². The predicted octanol–water partition coefficient (Wildman–Crippen LogP) is 1.83. The molecule has 0 amide bonds. The van der Waals surface area contributed by atoms with Gasteiger partial charge in [-0.1, -0.05) is 40.9 Å². The van der Waals surface area contributed by atoms with E-state index in [2.05, 4.69) is 0 Å². The molecule has 0 aromatic carbocycles. The number of cyclic esters (lactones) is 1. The predicted molar refractivity (Wildman–Crippen MR) is 49.6 cm³/mol. The molecule has 0 spiro atoms. The highest BCUT2D eigenvalue weighted by molar-refractivity contribution is 6.68. The molecule has 1 atom stereocenters. The Hall–Kier alpha value is -0.120. The van der Waals surface area contributed by atoms with Gasteiger partial charge in [0.2, 0.25) is 10.0 Å². The number of ether oxygens (including phenoxy) is 1. The molecule has 0 bridgehead atoms. The highest BCUT2D eigenvalue weighted by Gasteiger charge is 2.49. The van der Waals surface area contributed by atoms with Gasteiger partial charge in [0.05, 0.1) is 0 Å². The Morgan fingerprint density at radius 2 is 2.23 bits per heavy atom. The van der Waals surface area contributed by atoms with Gasteiger partial charge in [-0.2, -0.15) is 0 Å². The van der Waals surface area contributed by atoms with E-state index in [9.17, 15) is 4.79 Å². The van der Waals surface area contributed by atoms with E-state index >= 15 is 0 Å². The third-order valence-electron chi connectivity index (χ3n) is 2.01. The molecular formula is C7H6Cl3NO2. The maximum absolute atomic E-state index is 11.2. The Morgan fingerprint density at radius 1 is 1.54 bits per heavy atom. The van der Waals surface area contributed by atoms with Crippen LogP contribution in [0.15, 0.2) is 11.8 Å². The van der Waals surface area contributed by atoms with Crippen LogP contribution in [0.3, 0.4) is 0 Å². The molecule has 0 aromatic heterocycles. The molecule has 3 nitrogen and oxygen atoms in total. The van der Waals surface area contributed by atoms with Gasteiger partial charge in [-0.15, -0.1) is 0 Å². The lowest BCUT2D eigenvalue weighted by molar-refractivity contribution is -0.140. The van der Waals surface area contributed by atoms with Crippen LogP contribution in [0.2, 0.25) is 0 Å². The number of fused-ring (bicyclic) bond motifs is 1. The van der Waals surface area contributed by atoms with Gasteiger partial charge in [-0.3, -0.25) is 0 Å². The summed E-state index contributed by atoms with van der Waals surface area (Å²) in [6, 6.07) is 0. The Balaban J connectivity index is 2.27. The first kappa shape index (κ1) is 9.44. The summed E-state index contributed by atoms with van der Waals surface area (Å²) < 4.78 is 3.33. The summed E-state index contributed by atoms with van der Waals surface area (Å²) in [6.07, 6.45) is 1.80. The van der Waals surface area contributed by atoms with E-state index in [1.165, 1.54) is 0 Å². The first-order chi connectivity index (χ1) is 6.00. The quantitative estimate of drug-likeness (QED) is 0.479. The van der Waals surface area contributed by atoms with Crippen molar-refractivity contribution >= 4 is 40.8 Å². The number of rotatable bonds is 0. The van der Waals surface area contributed by atoms with E-state index in [1.54, 1.807) is 11.0 Å². The number of carbonyl (C=O) groups excluding carboxylic acids is 1. The first-order valence-corrected chi connectivity index (χ1v) is 4.88. The maximum Gasteiger partial charge on any atom is 0.356 e. The van der Waals surface area contributed by atoms with Gasteiger partial charge in [-0.05, 0) is 6.42 Å². The molecule has 0 saturated carbocycles. The second kappa shape index (κ2) is 2.94. The topological polar surface area (TPSA) is 29.5 Å². The minimum Gasteiger partial charge on any atom is -0.432 e. The van der Waals surface area contributed by atoms with Crippen molar-refractivity contribution in [1.82, 2.24) is 4.90 Å². The van der Waals surface area contributed by atoms with Gasteiger partial charge in [0.15, 0.2) is 0 Å². The SMILES string of the molecule is O=C1OC(C(Cl)(Cl)Cl)N2CCC=C12. The van der Waals surface area contributed by atoms with Crippen molar-refractivity contribution in [1.29, 1.82) is 0 Å². The molecule has 0 N–H and O–H groups in total. The smallest absolute Gasteiger partial charge is 0.356 e. The zero-order valence-corrected chi connectivity index (χ0v) is 8.73. The highest BCUT2D eigenvalue weighted by atomic mass is 35.6. The number of nitrogens with zero attached hydrogens (tertiary/aromatic N) is 1. The van der Waals surface area contributed by atoms with Gasteiger partial charge < -0.3 is 9.64 Å². The summed E-state index contributed by atoms with van der Waals surface area (Å²) >= 11 is 17.0. The fourth-order valence-electron chi connectivity index (χ4n) is 1.49. The largest absolute Gasteiger partial charge is 0.432 e. The first-order valence-electron chi connectivity index (χ1n) is 3.74. The number of carbonyl (C=O) groups is 1. The van der Waals surface area contributed by atoms with Gasteiger partial charge in [0.25, 0.3) is 0 Å². The molecule has 1 saturated heterocycles. The molecule has 2 aliphatic heterocycles. The molecule has 1 unspecified atom stereocenters. The van der Waals surface area contributed by atoms with Crippen molar-refractivity contribution in [3.05, 3.63) is 11.8 Å². The van der Waals surface area contributed by atoms with Crippen LogP contribution in [0.4, 0.5) is 0 Å². The molecule has 0 aliphatic carbocycles. The van der Waals surface area contributed by atoms with E-state index in [-0.39, 0.29) is 0 Å². The van der Waals surface area contributed by atoms with E-state index in [4.69, 9.17) is 39.5 Å². The molecular weight excluding hydrogens is 236 g/mol. The van der Waals surface area contributed by atoms with Crippen LogP contribution >= 0.6 is 34.8 Å². The molecule has 2 aliphatic rings. The molecule has 6 heteroatoms. The highest BCUT2D eigenvalue weighted by Crippen LogP contribution is 2.41. The number of hydrogen-bond donors (Lipinski definition) is 0. The Kier molecular flexibility index (Phi) is 2.13. The van der Waals surface area contributed by atoms with Crippen LogP contribution in [0.25, 0.3) is 0 Å². The zero-order valence-electron chi connectivity index (χ0n) is 6.47. The molecule has 2 heterocycles. The summed E-state index contributed by atoms with van der Waals surface area (Å²) in [5.41, 5.74) is 0.510. The van der Waals surface area contributed by atoms with Crippen LogP contribution in [0.5, 0.6) is 0 Å². The monoisotopic (exact) mass is 241 g/mol. The lowest BCUT2D eigenvalue weighted by atomic mass is 10.4. The minimum absolute atomic E-state index is 0.408. The van der Waals surface area contributed by atoms with Gasteiger partial charge in [0.1, 0.15) is 5.70 Å². The fraction of sp³-hybridized carbons (Fsp3) is 0.571. The summed E-state index contributed by atoms with van der Waals surface area (Å²) in [5.74, 6) is -0.408. The van der Waals surface area contributed by atoms with Crippen LogP contribution in [-0.2, 0) is 9.53 Å². The lowest BCUT2D eigenvalue weighted by Gasteiger charge is -2.26. The zero-order chi connectivity index (χ0) is 9.64. The number of halogens is 3. The van der Waals surface area contributed by atoms with Gasteiger partial charge in [0, 0.05) is 6.54 Å². The molecule has 0 aromatic rings. The number of alkyl halides is 3. The van der Waals surface area contributed by atoms with E-state index in [0.717, 1.165) is 6.42 Å². The van der Waals surface area contributed by atoms with Gasteiger partial charge >= 0.3 is 5.97 Å². The molecule has 72 valence electrons. The lowest BCUT2D eigenvalue weighted by Crippen LogP contribution is -2.38. The van der Waals surface area contributed by atoms with Crippen LogP contribution < -0.4 is 0 Å². The average Bonchev–Trinajstić information content (AvgIpc) is 2.51. The summed E-state index contributed by atoms with van der Waals surface area (Å²) in [7, 11) is 0.